The Morgan fingerprint density at radius 1 is 1.10 bits per heavy atom. The van der Waals surface area contributed by atoms with Gasteiger partial charge >= 0.3 is 11.8 Å². The zero-order valence-corrected chi connectivity index (χ0v) is 18.0. The molecule has 1 aliphatic rings. The van der Waals surface area contributed by atoms with Crippen molar-refractivity contribution in [3.05, 3.63) is 53.2 Å². The number of nitrogens with one attached hydrogen (secondary N) is 2. The van der Waals surface area contributed by atoms with Gasteiger partial charge in [0.15, 0.2) is 0 Å². The SMILES string of the molecule is O=C(NCCC1CCCCN1S(=O)(=O)c1cccs1)C(=O)NCc1ccccc1F. The molecule has 0 saturated carbocycles. The minimum absolute atomic E-state index is 0.0889. The highest BCUT2D eigenvalue weighted by atomic mass is 32.2. The van der Waals surface area contributed by atoms with Gasteiger partial charge in [-0.2, -0.15) is 4.31 Å². The quantitative estimate of drug-likeness (QED) is 0.629. The summed E-state index contributed by atoms with van der Waals surface area (Å²) in [7, 11) is -3.55. The summed E-state index contributed by atoms with van der Waals surface area (Å²) < 4.78 is 41.1. The third-order valence-corrected chi connectivity index (χ3v) is 8.32. The Morgan fingerprint density at radius 2 is 1.87 bits per heavy atom. The number of halogens is 1. The number of thiophene rings is 1. The second-order valence-electron chi connectivity index (χ2n) is 7.02. The van der Waals surface area contributed by atoms with E-state index in [1.807, 2.05) is 0 Å². The molecule has 1 aromatic carbocycles. The van der Waals surface area contributed by atoms with Crippen molar-refractivity contribution in [1.29, 1.82) is 0 Å². The first-order valence-corrected chi connectivity index (χ1v) is 12.1. The Bertz CT molecular complexity index is 980. The lowest BCUT2D eigenvalue weighted by molar-refractivity contribution is -0.139. The fraction of sp³-hybridized carbons (Fsp3) is 0.400. The van der Waals surface area contributed by atoms with Gasteiger partial charge in [-0.1, -0.05) is 30.7 Å². The molecule has 30 heavy (non-hydrogen) atoms. The number of carbonyl (C=O) groups is 2. The lowest BCUT2D eigenvalue weighted by atomic mass is 10.0. The highest BCUT2D eigenvalue weighted by molar-refractivity contribution is 7.91. The Morgan fingerprint density at radius 3 is 2.60 bits per heavy atom. The van der Waals surface area contributed by atoms with E-state index < -0.39 is 27.7 Å². The molecule has 0 radical (unpaired) electrons. The Kier molecular flexibility index (Phi) is 7.57. The van der Waals surface area contributed by atoms with Crippen molar-refractivity contribution in [3.8, 4) is 0 Å². The predicted molar refractivity (Wildman–Crippen MR) is 112 cm³/mol. The van der Waals surface area contributed by atoms with Crippen LogP contribution < -0.4 is 10.6 Å². The van der Waals surface area contributed by atoms with Gasteiger partial charge in [0.05, 0.1) is 0 Å². The molecule has 1 fully saturated rings. The van der Waals surface area contributed by atoms with E-state index in [0.717, 1.165) is 12.8 Å². The fourth-order valence-corrected chi connectivity index (χ4v) is 6.28. The summed E-state index contributed by atoms with van der Waals surface area (Å²) in [5.41, 5.74) is 0.287. The van der Waals surface area contributed by atoms with Crippen LogP contribution in [0.5, 0.6) is 0 Å². The normalized spacial score (nSPS) is 17.4. The van der Waals surface area contributed by atoms with Crippen molar-refractivity contribution < 1.29 is 22.4 Å². The molecule has 162 valence electrons. The van der Waals surface area contributed by atoms with Crippen molar-refractivity contribution in [3.63, 3.8) is 0 Å². The van der Waals surface area contributed by atoms with Gasteiger partial charge in [-0.05, 0) is 36.8 Å². The molecule has 1 aliphatic heterocycles. The Labute approximate surface area is 179 Å². The third-order valence-electron chi connectivity index (χ3n) is 5.00. The molecule has 0 bridgehead atoms. The molecule has 1 saturated heterocycles. The summed E-state index contributed by atoms with van der Waals surface area (Å²) in [5, 5.41) is 6.64. The maximum absolute atomic E-state index is 13.6. The standard InChI is InChI=1S/C20H24FN3O4S2/c21-17-8-2-1-6-15(17)14-23-20(26)19(25)22-11-10-16-7-3-4-12-24(16)30(27,28)18-9-5-13-29-18/h1-2,5-6,8-9,13,16H,3-4,7,10-12,14H2,(H,22,25)(H,23,26). The maximum atomic E-state index is 13.6. The first kappa shape index (κ1) is 22.4. The van der Waals surface area contributed by atoms with E-state index in [1.165, 1.54) is 27.8 Å². The fourth-order valence-electron chi connectivity index (χ4n) is 3.43. The van der Waals surface area contributed by atoms with Crippen molar-refractivity contribution >= 4 is 33.2 Å². The third kappa shape index (κ3) is 5.44. The molecule has 1 aromatic heterocycles. The van der Waals surface area contributed by atoms with Crippen LogP contribution in [0.25, 0.3) is 0 Å². The zero-order valence-electron chi connectivity index (χ0n) is 16.3. The molecule has 2 amide bonds. The van der Waals surface area contributed by atoms with E-state index in [1.54, 1.807) is 29.6 Å². The van der Waals surface area contributed by atoms with E-state index in [9.17, 15) is 22.4 Å². The average Bonchev–Trinajstić information content (AvgIpc) is 3.29. The second-order valence-corrected chi connectivity index (χ2v) is 10.1. The molecule has 1 unspecified atom stereocenters. The predicted octanol–water partition coefficient (Wildman–Crippen LogP) is 2.25. The van der Waals surface area contributed by atoms with Gasteiger partial charge in [0.2, 0.25) is 0 Å². The number of carbonyl (C=O) groups excluding carboxylic acids is 2. The van der Waals surface area contributed by atoms with Crippen LogP contribution in [0.4, 0.5) is 4.39 Å². The van der Waals surface area contributed by atoms with Crippen LogP contribution in [-0.2, 0) is 26.2 Å². The Balaban J connectivity index is 1.50. The van der Waals surface area contributed by atoms with Crippen LogP contribution in [0, 0.1) is 5.82 Å². The van der Waals surface area contributed by atoms with Gasteiger partial charge in [-0.3, -0.25) is 9.59 Å². The smallest absolute Gasteiger partial charge is 0.309 e. The number of piperidine rings is 1. The van der Waals surface area contributed by atoms with Crippen molar-refractivity contribution in [2.75, 3.05) is 13.1 Å². The highest BCUT2D eigenvalue weighted by Gasteiger charge is 2.33. The van der Waals surface area contributed by atoms with E-state index >= 15 is 0 Å². The van der Waals surface area contributed by atoms with Crippen molar-refractivity contribution in [2.24, 2.45) is 0 Å². The van der Waals surface area contributed by atoms with Gasteiger partial charge in [-0.25, -0.2) is 12.8 Å². The molecule has 2 N–H and O–H groups in total. The number of nitrogens with zero attached hydrogens (tertiary/aromatic N) is 1. The summed E-state index contributed by atoms with van der Waals surface area (Å²) in [6, 6.07) is 9.06. The lowest BCUT2D eigenvalue weighted by Gasteiger charge is -2.34. The number of hydrogen-bond acceptors (Lipinski definition) is 5. The average molecular weight is 454 g/mol. The number of sulfonamides is 1. The number of hydrogen-bond donors (Lipinski definition) is 2. The molecule has 7 nitrogen and oxygen atoms in total. The molecule has 10 heteroatoms. The number of rotatable bonds is 7. The van der Waals surface area contributed by atoms with Crippen LogP contribution >= 0.6 is 11.3 Å². The maximum Gasteiger partial charge on any atom is 0.309 e. The molecular weight excluding hydrogens is 429 g/mol. The number of benzene rings is 1. The van der Waals surface area contributed by atoms with Gasteiger partial charge in [-0.15, -0.1) is 11.3 Å². The van der Waals surface area contributed by atoms with Crippen LogP contribution in [0.2, 0.25) is 0 Å². The summed E-state index contributed by atoms with van der Waals surface area (Å²) in [5.74, 6) is -2.14. The summed E-state index contributed by atoms with van der Waals surface area (Å²) >= 11 is 1.18. The summed E-state index contributed by atoms with van der Waals surface area (Å²) in [4.78, 5) is 23.9. The first-order valence-electron chi connectivity index (χ1n) is 9.74. The molecule has 1 atom stereocenters. The van der Waals surface area contributed by atoms with Crippen molar-refractivity contribution in [1.82, 2.24) is 14.9 Å². The largest absolute Gasteiger partial charge is 0.348 e. The second kappa shape index (κ2) is 10.1. The van der Waals surface area contributed by atoms with E-state index in [4.69, 9.17) is 0 Å². The van der Waals surface area contributed by atoms with Gasteiger partial charge in [0, 0.05) is 31.2 Å². The summed E-state index contributed by atoms with van der Waals surface area (Å²) in [6.07, 6.45) is 2.83. The van der Waals surface area contributed by atoms with Crippen LogP contribution in [0.1, 0.15) is 31.2 Å². The van der Waals surface area contributed by atoms with Crippen molar-refractivity contribution in [2.45, 2.75) is 42.5 Å². The van der Waals surface area contributed by atoms with E-state index in [-0.39, 0.29) is 24.7 Å². The Hall–Kier alpha value is -2.30. The highest BCUT2D eigenvalue weighted by Crippen LogP contribution is 2.29. The molecule has 2 heterocycles. The molecule has 3 rings (SSSR count). The molecule has 0 aliphatic carbocycles. The van der Waals surface area contributed by atoms with Crippen LogP contribution in [0.3, 0.4) is 0 Å². The molecule has 0 spiro atoms. The topological polar surface area (TPSA) is 95.6 Å². The summed E-state index contributed by atoms with van der Waals surface area (Å²) in [6.45, 7) is 0.531. The van der Waals surface area contributed by atoms with E-state index in [2.05, 4.69) is 10.6 Å². The van der Waals surface area contributed by atoms with Gasteiger partial charge in [0.25, 0.3) is 10.0 Å². The molecular formula is C20H24FN3O4S2. The monoisotopic (exact) mass is 453 g/mol. The minimum Gasteiger partial charge on any atom is -0.348 e. The lowest BCUT2D eigenvalue weighted by Crippen LogP contribution is -2.46. The zero-order chi connectivity index (χ0) is 21.6. The van der Waals surface area contributed by atoms with Crippen LogP contribution in [-0.4, -0.2) is 43.7 Å². The van der Waals surface area contributed by atoms with Gasteiger partial charge in [0.1, 0.15) is 10.0 Å². The van der Waals surface area contributed by atoms with Crippen LogP contribution in [0.15, 0.2) is 46.0 Å². The number of amides is 2. The van der Waals surface area contributed by atoms with E-state index in [0.29, 0.717) is 23.6 Å². The molecule has 2 aromatic rings. The first-order chi connectivity index (χ1) is 14.4. The minimum atomic E-state index is -3.55. The van der Waals surface area contributed by atoms with Gasteiger partial charge < -0.3 is 10.6 Å².